The predicted octanol–water partition coefficient (Wildman–Crippen LogP) is 6.43. The third kappa shape index (κ3) is 11.0. The lowest BCUT2D eigenvalue weighted by molar-refractivity contribution is -0.160. The lowest BCUT2D eigenvalue weighted by Crippen LogP contribution is -2.22. The molecule has 300 valence electrons. The van der Waals surface area contributed by atoms with Crippen LogP contribution in [0, 0.1) is 0 Å². The van der Waals surface area contributed by atoms with E-state index in [1.807, 2.05) is 86.8 Å². The van der Waals surface area contributed by atoms with Gasteiger partial charge < -0.3 is 44.7 Å². The predicted molar refractivity (Wildman–Crippen MR) is 214 cm³/mol. The van der Waals surface area contributed by atoms with Crippen molar-refractivity contribution in [2.24, 2.45) is 0 Å². The summed E-state index contributed by atoms with van der Waals surface area (Å²) in [5.41, 5.74) is 6.04. The largest absolute Gasteiger partial charge is 0.496 e. The van der Waals surface area contributed by atoms with Crippen LogP contribution in [-0.2, 0) is 32.2 Å². The number of ether oxygens (including phenoxy) is 4. The molecule has 0 fully saturated rings. The highest BCUT2D eigenvalue weighted by Crippen LogP contribution is 2.24. The Hall–Kier alpha value is -7.10. The van der Waals surface area contributed by atoms with Crippen LogP contribution in [0.2, 0.25) is 0 Å². The Morgan fingerprint density at radius 3 is 1.47 bits per heavy atom. The van der Waals surface area contributed by atoms with E-state index in [0.29, 0.717) is 30.0 Å². The Bertz CT molecular complexity index is 2330. The molecule has 6 aromatic rings. The highest BCUT2D eigenvalue weighted by Gasteiger charge is 2.23. The molecular formula is C43H44N6O9. The third-order valence-corrected chi connectivity index (χ3v) is 8.92. The van der Waals surface area contributed by atoms with Gasteiger partial charge in [0.15, 0.2) is 0 Å². The highest BCUT2D eigenvalue weighted by molar-refractivity contribution is 6.31. The molecule has 2 atom stereocenters. The van der Waals surface area contributed by atoms with Gasteiger partial charge in [-0.15, -0.1) is 0 Å². The summed E-state index contributed by atoms with van der Waals surface area (Å²) < 4.78 is 19.5. The zero-order valence-corrected chi connectivity index (χ0v) is 32.6. The van der Waals surface area contributed by atoms with Gasteiger partial charge in [-0.05, 0) is 60.4 Å². The molecule has 0 bridgehead atoms. The first-order valence-corrected chi connectivity index (χ1v) is 18.1. The van der Waals surface area contributed by atoms with Crippen LogP contribution in [0.15, 0.2) is 109 Å². The summed E-state index contributed by atoms with van der Waals surface area (Å²) in [7, 11) is 4.24. The molecule has 0 saturated carbocycles. The van der Waals surface area contributed by atoms with Gasteiger partial charge in [0.1, 0.15) is 34.3 Å². The number of carboxylic acid groups (broad SMARTS) is 1. The number of H-pyrrole nitrogens is 2. The molecule has 0 aliphatic heterocycles. The summed E-state index contributed by atoms with van der Waals surface area (Å²) in [4.78, 5) is 61.4. The molecule has 4 aromatic carbocycles. The van der Waals surface area contributed by atoms with Gasteiger partial charge in [-0.2, -0.15) is 0 Å². The fourth-order valence-electron chi connectivity index (χ4n) is 5.72. The average Bonchev–Trinajstić information content (AvgIpc) is 3.97. The molecule has 0 aliphatic rings. The van der Waals surface area contributed by atoms with Crippen LogP contribution < -0.4 is 20.1 Å². The number of hydrogen-bond donors (Lipinski definition) is 5. The van der Waals surface area contributed by atoms with Gasteiger partial charge in [0.2, 0.25) is 0 Å². The van der Waals surface area contributed by atoms with Gasteiger partial charge >= 0.3 is 23.9 Å². The number of carbonyl (C=O) groups is 4. The van der Waals surface area contributed by atoms with Crippen molar-refractivity contribution < 1.29 is 43.2 Å². The number of carbonyl (C=O) groups excluding carboxylic acids is 3. The minimum Gasteiger partial charge on any atom is -0.496 e. The number of carboxylic acids is 1. The van der Waals surface area contributed by atoms with Crippen molar-refractivity contribution in [3.63, 3.8) is 0 Å². The molecule has 6 rings (SSSR count). The second-order valence-corrected chi connectivity index (χ2v) is 12.8. The van der Waals surface area contributed by atoms with Crippen LogP contribution in [0.4, 0.5) is 0 Å². The normalized spacial score (nSPS) is 11.7. The topological polar surface area (TPSA) is 207 Å². The molecule has 2 aromatic heterocycles. The number of nitrogens with one attached hydrogen (secondary N) is 4. The van der Waals surface area contributed by atoms with Crippen LogP contribution in [0.3, 0.4) is 0 Å². The van der Waals surface area contributed by atoms with Crippen LogP contribution in [0.25, 0.3) is 22.5 Å². The number of aromatic amines is 2. The van der Waals surface area contributed by atoms with Crippen LogP contribution in [0.1, 0.15) is 69.4 Å². The van der Waals surface area contributed by atoms with Crippen molar-refractivity contribution in [1.82, 2.24) is 30.6 Å². The van der Waals surface area contributed by atoms with Gasteiger partial charge in [0.25, 0.3) is 0 Å². The molecule has 5 N–H and O–H groups in total. The van der Waals surface area contributed by atoms with Crippen molar-refractivity contribution in [1.29, 1.82) is 0 Å². The van der Waals surface area contributed by atoms with E-state index >= 15 is 0 Å². The number of nitrogens with zero attached hydrogens (tertiary/aromatic N) is 2. The lowest BCUT2D eigenvalue weighted by atomic mass is 10.1. The van der Waals surface area contributed by atoms with E-state index in [0.717, 1.165) is 39.7 Å². The smallest absolute Gasteiger partial charge is 0.425 e. The van der Waals surface area contributed by atoms with E-state index in [2.05, 4.69) is 35.3 Å². The Morgan fingerprint density at radius 1 is 0.638 bits per heavy atom. The number of esters is 3. The molecule has 15 heteroatoms. The van der Waals surface area contributed by atoms with Gasteiger partial charge in [0, 0.05) is 13.1 Å². The molecule has 0 radical (unpaired) electrons. The Morgan fingerprint density at radius 2 is 1.07 bits per heavy atom. The summed E-state index contributed by atoms with van der Waals surface area (Å²) in [6.07, 6.45) is 3.61. The quantitative estimate of drug-likeness (QED) is 0.0459. The maximum Gasteiger partial charge on any atom is 0.425 e. The van der Waals surface area contributed by atoms with Crippen molar-refractivity contribution in [2.45, 2.75) is 39.0 Å². The van der Waals surface area contributed by atoms with Crippen molar-refractivity contribution in [3.05, 3.63) is 143 Å². The number of hydrogen-bond acceptors (Lipinski definition) is 12. The summed E-state index contributed by atoms with van der Waals surface area (Å²) >= 11 is 0. The fourth-order valence-corrected chi connectivity index (χ4v) is 5.72. The van der Waals surface area contributed by atoms with Crippen molar-refractivity contribution in [3.8, 4) is 34.0 Å². The number of aromatic nitrogens is 4. The highest BCUT2D eigenvalue weighted by atomic mass is 16.6. The average molecular weight is 789 g/mol. The van der Waals surface area contributed by atoms with Crippen molar-refractivity contribution >= 4 is 23.9 Å². The standard InChI is InChI=1S/C22H21N3O6.C21H23N3O3/c1-13(19-24-12-17(25-19)15-6-4-3-5-7-15)23-11-14-8-9-18(30-2)16(10-14)21(28)31-22(29)20(26)27;1-14(20-23-13-18(24-20)16-7-5-4-6-8-16)22-12-15-9-10-19(26-2)17(11-15)21(25)27-3/h3-10,12-13,23H,11H2,1-2H3,(H,24,25)(H,26,27);4-11,13-14,22H,12H2,1-3H3,(H,23,24). The second kappa shape index (κ2) is 20.2. The van der Waals surface area contributed by atoms with E-state index in [1.165, 1.54) is 27.4 Å². The zero-order chi connectivity index (χ0) is 41.6. The summed E-state index contributed by atoms with van der Waals surface area (Å²) in [6.45, 7) is 4.94. The maximum atomic E-state index is 12.2. The minimum atomic E-state index is -1.85. The van der Waals surface area contributed by atoms with Gasteiger partial charge in [-0.3, -0.25) is 0 Å². The first kappa shape index (κ1) is 42.1. The number of aliphatic carboxylic acids is 1. The van der Waals surface area contributed by atoms with E-state index < -0.39 is 23.9 Å². The minimum absolute atomic E-state index is 0.0196. The zero-order valence-electron chi connectivity index (χ0n) is 32.6. The van der Waals surface area contributed by atoms with Crippen LogP contribution >= 0.6 is 0 Å². The summed E-state index contributed by atoms with van der Waals surface area (Å²) in [6, 6.07) is 30.0. The Labute approximate surface area is 334 Å². The van der Waals surface area contributed by atoms with Gasteiger partial charge in [-0.1, -0.05) is 72.8 Å². The molecule has 0 spiro atoms. The molecule has 2 unspecified atom stereocenters. The van der Waals surface area contributed by atoms with E-state index in [4.69, 9.17) is 19.3 Å². The van der Waals surface area contributed by atoms with Crippen LogP contribution in [-0.4, -0.2) is 70.2 Å². The number of methoxy groups -OCH3 is 3. The van der Waals surface area contributed by atoms with Crippen LogP contribution in [0.5, 0.6) is 11.5 Å². The first-order valence-electron chi connectivity index (χ1n) is 18.1. The number of imidazole rings is 2. The van der Waals surface area contributed by atoms with Crippen molar-refractivity contribution in [2.75, 3.05) is 21.3 Å². The lowest BCUT2D eigenvalue weighted by Gasteiger charge is -2.13. The molecule has 0 amide bonds. The number of rotatable bonds is 14. The molecule has 15 nitrogen and oxygen atoms in total. The molecule has 0 saturated heterocycles. The SMILES string of the molecule is COC(=O)c1cc(CNC(C)c2ncc(-c3ccccc3)[nH]2)ccc1OC.COc1ccc(CNC(C)c2ncc(-c3ccccc3)[nH]2)cc1C(=O)OC(=O)C(=O)O. The van der Waals surface area contributed by atoms with Gasteiger partial charge in [-0.25, -0.2) is 29.1 Å². The van der Waals surface area contributed by atoms with E-state index in [9.17, 15) is 19.2 Å². The third-order valence-electron chi connectivity index (χ3n) is 8.92. The molecular weight excluding hydrogens is 745 g/mol. The molecule has 0 aliphatic carbocycles. The first-order chi connectivity index (χ1) is 28.0. The van der Waals surface area contributed by atoms with E-state index in [1.54, 1.807) is 30.5 Å². The van der Waals surface area contributed by atoms with E-state index in [-0.39, 0.29) is 23.4 Å². The Kier molecular flexibility index (Phi) is 14.6. The summed E-state index contributed by atoms with van der Waals surface area (Å²) in [5, 5.41) is 15.3. The summed E-state index contributed by atoms with van der Waals surface area (Å²) in [5.74, 6) is -2.76. The monoisotopic (exact) mass is 788 g/mol. The molecule has 2 heterocycles. The van der Waals surface area contributed by atoms with Gasteiger partial charge in [0.05, 0.1) is 57.2 Å². The Balaban J connectivity index is 0.000000223. The molecule has 58 heavy (non-hydrogen) atoms. The maximum absolute atomic E-state index is 12.2. The fraction of sp³-hybridized carbons (Fsp3) is 0.209. The second-order valence-electron chi connectivity index (χ2n) is 12.8. The number of benzene rings is 4.